The van der Waals surface area contributed by atoms with Crippen LogP contribution in [0.2, 0.25) is 0 Å². The molecule has 0 spiro atoms. The summed E-state index contributed by atoms with van der Waals surface area (Å²) in [5.41, 5.74) is 0. The van der Waals surface area contributed by atoms with Gasteiger partial charge in [0.05, 0.1) is 12.7 Å². The zero-order chi connectivity index (χ0) is 15.8. The van der Waals surface area contributed by atoms with E-state index in [-0.39, 0.29) is 25.3 Å². The zero-order valence-electron chi connectivity index (χ0n) is 12.0. The Hall–Kier alpha value is -2.38. The van der Waals surface area contributed by atoms with Gasteiger partial charge < -0.3 is 14.8 Å². The molecule has 0 bridgehead atoms. The number of carbonyl (C=O) groups is 3. The SMILES string of the molecule is CCc1cnc(CNC(=O)NC(=O)CC(C)CC(=O)O)o1. The van der Waals surface area contributed by atoms with Crippen molar-refractivity contribution < 1.29 is 23.9 Å². The minimum atomic E-state index is -0.977. The van der Waals surface area contributed by atoms with Gasteiger partial charge in [0.15, 0.2) is 0 Å². The van der Waals surface area contributed by atoms with Crippen molar-refractivity contribution in [3.05, 3.63) is 17.8 Å². The van der Waals surface area contributed by atoms with Crippen molar-refractivity contribution in [2.75, 3.05) is 0 Å². The van der Waals surface area contributed by atoms with Crippen molar-refractivity contribution in [3.8, 4) is 0 Å². The predicted octanol–water partition coefficient (Wildman–Crippen LogP) is 1.06. The summed E-state index contributed by atoms with van der Waals surface area (Å²) in [5.74, 6) is -0.771. The van der Waals surface area contributed by atoms with E-state index in [1.165, 1.54) is 0 Å². The number of imide groups is 1. The first-order valence-electron chi connectivity index (χ1n) is 6.63. The molecule has 116 valence electrons. The van der Waals surface area contributed by atoms with E-state index in [1.807, 2.05) is 6.92 Å². The number of rotatable bonds is 7. The minimum Gasteiger partial charge on any atom is -0.481 e. The number of carbonyl (C=O) groups excluding carboxylic acids is 2. The summed E-state index contributed by atoms with van der Waals surface area (Å²) in [6.45, 7) is 3.62. The largest absolute Gasteiger partial charge is 0.481 e. The van der Waals surface area contributed by atoms with Gasteiger partial charge in [0.25, 0.3) is 0 Å². The normalized spacial score (nSPS) is 11.7. The highest BCUT2D eigenvalue weighted by Gasteiger charge is 2.15. The predicted molar refractivity (Wildman–Crippen MR) is 72.3 cm³/mol. The number of aryl methyl sites for hydroxylation is 1. The lowest BCUT2D eigenvalue weighted by atomic mass is 10.0. The van der Waals surface area contributed by atoms with Gasteiger partial charge in [-0.15, -0.1) is 0 Å². The standard InChI is InChI=1S/C13H19N3O5/c1-3-9-6-14-11(21-9)7-15-13(20)16-10(17)4-8(2)5-12(18)19/h6,8H,3-5,7H2,1-2H3,(H,18,19)(H2,15,16,17,20). The number of carboxylic acid groups (broad SMARTS) is 1. The highest BCUT2D eigenvalue weighted by atomic mass is 16.4. The molecule has 1 aromatic heterocycles. The van der Waals surface area contributed by atoms with Crippen LogP contribution in [-0.2, 0) is 22.6 Å². The highest BCUT2D eigenvalue weighted by Crippen LogP contribution is 2.07. The van der Waals surface area contributed by atoms with Gasteiger partial charge in [-0.25, -0.2) is 9.78 Å². The molecule has 1 atom stereocenters. The second-order valence-electron chi connectivity index (χ2n) is 4.71. The number of nitrogens with one attached hydrogen (secondary N) is 2. The Bertz CT molecular complexity index is 512. The van der Waals surface area contributed by atoms with Gasteiger partial charge in [-0.2, -0.15) is 0 Å². The molecule has 1 rings (SSSR count). The van der Waals surface area contributed by atoms with Crippen molar-refractivity contribution in [1.29, 1.82) is 0 Å². The fourth-order valence-corrected chi connectivity index (χ4v) is 1.66. The van der Waals surface area contributed by atoms with Crippen LogP contribution in [0.4, 0.5) is 4.79 Å². The molecule has 1 aromatic rings. The van der Waals surface area contributed by atoms with E-state index in [1.54, 1.807) is 13.1 Å². The lowest BCUT2D eigenvalue weighted by Crippen LogP contribution is -2.39. The summed E-state index contributed by atoms with van der Waals surface area (Å²) in [7, 11) is 0. The summed E-state index contributed by atoms with van der Waals surface area (Å²) in [6.07, 6.45) is 2.14. The lowest BCUT2D eigenvalue weighted by molar-refractivity contribution is -0.138. The molecular weight excluding hydrogens is 278 g/mol. The van der Waals surface area contributed by atoms with Crippen molar-refractivity contribution in [2.45, 2.75) is 39.7 Å². The molecule has 8 heteroatoms. The number of hydrogen-bond acceptors (Lipinski definition) is 5. The molecule has 0 aromatic carbocycles. The Morgan fingerprint density at radius 2 is 2.10 bits per heavy atom. The summed E-state index contributed by atoms with van der Waals surface area (Å²) < 4.78 is 5.29. The summed E-state index contributed by atoms with van der Waals surface area (Å²) in [6, 6.07) is -0.668. The van der Waals surface area contributed by atoms with E-state index in [0.29, 0.717) is 18.1 Å². The Morgan fingerprint density at radius 3 is 2.67 bits per heavy atom. The minimum absolute atomic E-state index is 0.0291. The van der Waals surface area contributed by atoms with E-state index in [4.69, 9.17) is 9.52 Å². The second kappa shape index (κ2) is 8.03. The molecule has 0 aliphatic rings. The second-order valence-corrected chi connectivity index (χ2v) is 4.71. The van der Waals surface area contributed by atoms with Crippen molar-refractivity contribution >= 4 is 17.9 Å². The molecule has 0 radical (unpaired) electrons. The number of aromatic nitrogens is 1. The molecule has 0 saturated carbocycles. The van der Waals surface area contributed by atoms with E-state index in [9.17, 15) is 14.4 Å². The smallest absolute Gasteiger partial charge is 0.321 e. The quantitative estimate of drug-likeness (QED) is 0.692. The zero-order valence-corrected chi connectivity index (χ0v) is 12.0. The van der Waals surface area contributed by atoms with Gasteiger partial charge in [-0.05, 0) is 5.92 Å². The Morgan fingerprint density at radius 1 is 1.38 bits per heavy atom. The van der Waals surface area contributed by atoms with Crippen LogP contribution in [-0.4, -0.2) is 28.0 Å². The number of hydrogen-bond donors (Lipinski definition) is 3. The van der Waals surface area contributed by atoms with Crippen LogP contribution in [0.1, 0.15) is 38.3 Å². The number of aliphatic carboxylic acids is 1. The number of oxazole rings is 1. The number of nitrogens with zero attached hydrogens (tertiary/aromatic N) is 1. The van der Waals surface area contributed by atoms with Crippen molar-refractivity contribution in [1.82, 2.24) is 15.6 Å². The number of carboxylic acids is 1. The first kappa shape index (κ1) is 16.7. The maximum atomic E-state index is 11.5. The molecule has 3 amide bonds. The topological polar surface area (TPSA) is 122 Å². The Labute approximate surface area is 121 Å². The van der Waals surface area contributed by atoms with E-state index in [2.05, 4.69) is 15.6 Å². The molecule has 1 heterocycles. The molecule has 0 aliphatic carbocycles. The molecule has 3 N–H and O–H groups in total. The van der Waals surface area contributed by atoms with Gasteiger partial charge in [-0.3, -0.25) is 14.9 Å². The van der Waals surface area contributed by atoms with Gasteiger partial charge >= 0.3 is 12.0 Å². The summed E-state index contributed by atoms with van der Waals surface area (Å²) >= 11 is 0. The fraction of sp³-hybridized carbons (Fsp3) is 0.538. The van der Waals surface area contributed by atoms with Crippen LogP contribution in [0.5, 0.6) is 0 Å². The molecule has 0 aliphatic heterocycles. The van der Waals surface area contributed by atoms with Crippen LogP contribution in [0.3, 0.4) is 0 Å². The average molecular weight is 297 g/mol. The Balaban J connectivity index is 2.29. The fourth-order valence-electron chi connectivity index (χ4n) is 1.66. The maximum absolute atomic E-state index is 11.5. The first-order valence-corrected chi connectivity index (χ1v) is 6.63. The third-order valence-corrected chi connectivity index (χ3v) is 2.66. The van der Waals surface area contributed by atoms with Gasteiger partial charge in [0.1, 0.15) is 5.76 Å². The van der Waals surface area contributed by atoms with E-state index in [0.717, 1.165) is 0 Å². The van der Waals surface area contributed by atoms with Crippen LogP contribution >= 0.6 is 0 Å². The molecular formula is C13H19N3O5. The lowest BCUT2D eigenvalue weighted by Gasteiger charge is -2.08. The summed E-state index contributed by atoms with van der Waals surface area (Å²) in [5, 5.41) is 13.1. The summed E-state index contributed by atoms with van der Waals surface area (Å²) in [4.78, 5) is 37.4. The molecule has 21 heavy (non-hydrogen) atoms. The monoisotopic (exact) mass is 297 g/mol. The third kappa shape index (κ3) is 6.55. The van der Waals surface area contributed by atoms with Gasteiger partial charge in [0.2, 0.25) is 11.8 Å². The number of urea groups is 1. The van der Waals surface area contributed by atoms with Gasteiger partial charge in [0, 0.05) is 19.3 Å². The van der Waals surface area contributed by atoms with Crippen molar-refractivity contribution in [3.63, 3.8) is 0 Å². The van der Waals surface area contributed by atoms with Crippen LogP contribution in [0.25, 0.3) is 0 Å². The highest BCUT2D eigenvalue weighted by molar-refractivity contribution is 5.94. The molecule has 0 saturated heterocycles. The molecule has 1 unspecified atom stereocenters. The van der Waals surface area contributed by atoms with E-state index >= 15 is 0 Å². The third-order valence-electron chi connectivity index (χ3n) is 2.66. The van der Waals surface area contributed by atoms with Crippen LogP contribution in [0.15, 0.2) is 10.6 Å². The molecule has 8 nitrogen and oxygen atoms in total. The van der Waals surface area contributed by atoms with Crippen molar-refractivity contribution in [2.24, 2.45) is 5.92 Å². The average Bonchev–Trinajstić information content (AvgIpc) is 2.82. The number of amides is 3. The first-order chi connectivity index (χ1) is 9.90. The van der Waals surface area contributed by atoms with Crippen LogP contribution in [0, 0.1) is 5.92 Å². The maximum Gasteiger partial charge on any atom is 0.321 e. The molecule has 0 fully saturated rings. The van der Waals surface area contributed by atoms with Crippen LogP contribution < -0.4 is 10.6 Å². The Kier molecular flexibility index (Phi) is 6.38. The van der Waals surface area contributed by atoms with E-state index < -0.39 is 17.9 Å². The van der Waals surface area contributed by atoms with Gasteiger partial charge in [-0.1, -0.05) is 13.8 Å².